The van der Waals surface area contributed by atoms with Crippen LogP contribution in [0, 0.1) is 17.2 Å². The molecule has 1 heterocycles. The summed E-state index contributed by atoms with van der Waals surface area (Å²) in [4.78, 5) is 4.11. The highest BCUT2D eigenvalue weighted by Gasteiger charge is 2.00. The van der Waals surface area contributed by atoms with Gasteiger partial charge in [0.05, 0.1) is 0 Å². The van der Waals surface area contributed by atoms with Crippen LogP contribution < -0.4 is 5.32 Å². The Balaban J connectivity index is 2.29. The van der Waals surface area contributed by atoms with E-state index in [4.69, 9.17) is 10.4 Å². The van der Waals surface area contributed by atoms with Gasteiger partial charge in [0.1, 0.15) is 17.6 Å². The number of nitrogens with zero attached hydrogens (tertiary/aromatic N) is 2. The van der Waals surface area contributed by atoms with E-state index in [9.17, 15) is 0 Å². The molecule has 0 amide bonds. The molecule has 86 valence electrons. The molecule has 1 atom stereocenters. The zero-order chi connectivity index (χ0) is 11.8. The van der Waals surface area contributed by atoms with Crippen molar-refractivity contribution < 1.29 is 5.11 Å². The van der Waals surface area contributed by atoms with E-state index in [0.29, 0.717) is 11.6 Å². The molecule has 0 fully saturated rings. The third-order valence-corrected chi connectivity index (χ3v) is 2.36. The van der Waals surface area contributed by atoms with Gasteiger partial charge < -0.3 is 10.4 Å². The minimum atomic E-state index is 0.238. The maximum atomic E-state index is 8.85. The Morgan fingerprint density at radius 2 is 2.38 bits per heavy atom. The monoisotopic (exact) mass is 219 g/mol. The predicted octanol–water partition coefficient (Wildman–Crippen LogP) is 1.77. The molecule has 1 aromatic heterocycles. The third kappa shape index (κ3) is 4.28. The molecule has 0 spiro atoms. The number of rotatable bonds is 6. The van der Waals surface area contributed by atoms with Crippen molar-refractivity contribution in [3.05, 3.63) is 23.9 Å². The van der Waals surface area contributed by atoms with Gasteiger partial charge in [-0.25, -0.2) is 4.98 Å². The first-order valence-electron chi connectivity index (χ1n) is 5.48. The van der Waals surface area contributed by atoms with Crippen molar-refractivity contribution in [3.63, 3.8) is 0 Å². The fraction of sp³-hybridized carbons (Fsp3) is 0.500. The van der Waals surface area contributed by atoms with Gasteiger partial charge in [-0.15, -0.1) is 0 Å². The summed E-state index contributed by atoms with van der Waals surface area (Å²) in [6.45, 7) is 3.07. The largest absolute Gasteiger partial charge is 0.396 e. The molecular weight excluding hydrogens is 202 g/mol. The van der Waals surface area contributed by atoms with E-state index in [1.807, 2.05) is 25.1 Å². The normalized spacial score (nSPS) is 11.8. The van der Waals surface area contributed by atoms with Crippen molar-refractivity contribution in [2.45, 2.75) is 19.8 Å². The van der Waals surface area contributed by atoms with Crippen LogP contribution in [0.4, 0.5) is 5.82 Å². The SMILES string of the molecule is CC(CO)CCCNc1cccc(C#N)n1. The van der Waals surface area contributed by atoms with E-state index in [1.165, 1.54) is 0 Å². The summed E-state index contributed by atoms with van der Waals surface area (Å²) in [5.74, 6) is 1.08. The van der Waals surface area contributed by atoms with Crippen molar-refractivity contribution in [1.29, 1.82) is 5.26 Å². The molecule has 0 aliphatic heterocycles. The third-order valence-electron chi connectivity index (χ3n) is 2.36. The summed E-state index contributed by atoms with van der Waals surface area (Å²) in [6, 6.07) is 7.33. The highest BCUT2D eigenvalue weighted by molar-refractivity contribution is 5.38. The minimum Gasteiger partial charge on any atom is -0.396 e. The number of nitrogens with one attached hydrogen (secondary N) is 1. The van der Waals surface area contributed by atoms with Gasteiger partial charge in [-0.3, -0.25) is 0 Å². The van der Waals surface area contributed by atoms with Gasteiger partial charge in [0.25, 0.3) is 0 Å². The van der Waals surface area contributed by atoms with Crippen molar-refractivity contribution in [3.8, 4) is 6.07 Å². The van der Waals surface area contributed by atoms with Crippen LogP contribution >= 0.6 is 0 Å². The number of hydrogen-bond donors (Lipinski definition) is 2. The molecule has 1 unspecified atom stereocenters. The van der Waals surface area contributed by atoms with Gasteiger partial charge in [-0.1, -0.05) is 13.0 Å². The van der Waals surface area contributed by atoms with Crippen LogP contribution in [0.1, 0.15) is 25.5 Å². The minimum absolute atomic E-state index is 0.238. The maximum absolute atomic E-state index is 8.85. The Kier molecular flexibility index (Phi) is 5.30. The Morgan fingerprint density at radius 1 is 1.56 bits per heavy atom. The summed E-state index contributed by atoms with van der Waals surface area (Å²) in [5, 5.41) is 20.7. The molecule has 2 N–H and O–H groups in total. The summed E-state index contributed by atoms with van der Waals surface area (Å²) >= 11 is 0. The van der Waals surface area contributed by atoms with E-state index < -0.39 is 0 Å². The molecule has 4 heteroatoms. The average molecular weight is 219 g/mol. The lowest BCUT2D eigenvalue weighted by Gasteiger charge is -2.08. The second-order valence-corrected chi connectivity index (χ2v) is 3.88. The second-order valence-electron chi connectivity index (χ2n) is 3.88. The first-order valence-corrected chi connectivity index (χ1v) is 5.48. The van der Waals surface area contributed by atoms with Crippen molar-refractivity contribution in [2.75, 3.05) is 18.5 Å². The molecule has 0 saturated carbocycles. The van der Waals surface area contributed by atoms with Gasteiger partial charge in [0.2, 0.25) is 0 Å². The molecule has 16 heavy (non-hydrogen) atoms. The Labute approximate surface area is 95.9 Å². The Morgan fingerprint density at radius 3 is 3.06 bits per heavy atom. The van der Waals surface area contributed by atoms with Crippen LogP contribution in [-0.4, -0.2) is 23.2 Å². The number of pyridine rings is 1. The van der Waals surface area contributed by atoms with Gasteiger partial charge in [0, 0.05) is 13.2 Å². The molecule has 0 bridgehead atoms. The van der Waals surface area contributed by atoms with Crippen LogP contribution in [0.3, 0.4) is 0 Å². The Bertz CT molecular complexity index is 360. The quantitative estimate of drug-likeness (QED) is 0.715. The smallest absolute Gasteiger partial charge is 0.142 e. The van der Waals surface area contributed by atoms with Crippen LogP contribution in [0.25, 0.3) is 0 Å². The fourth-order valence-electron chi connectivity index (χ4n) is 1.35. The van der Waals surface area contributed by atoms with Gasteiger partial charge in [-0.2, -0.15) is 5.26 Å². The Hall–Kier alpha value is -1.60. The number of aromatic nitrogens is 1. The molecule has 1 aromatic rings. The van der Waals surface area contributed by atoms with E-state index in [1.54, 1.807) is 6.07 Å². The molecule has 4 nitrogen and oxygen atoms in total. The molecule has 0 radical (unpaired) electrons. The topological polar surface area (TPSA) is 68.9 Å². The number of anilines is 1. The van der Waals surface area contributed by atoms with Crippen molar-refractivity contribution in [1.82, 2.24) is 4.98 Å². The highest BCUT2D eigenvalue weighted by atomic mass is 16.3. The number of nitriles is 1. The molecule has 0 aliphatic rings. The van der Waals surface area contributed by atoms with Crippen LogP contribution in [0.5, 0.6) is 0 Å². The molecule has 0 saturated heterocycles. The first kappa shape index (κ1) is 12.5. The molecular formula is C12H17N3O. The van der Waals surface area contributed by atoms with Crippen LogP contribution in [-0.2, 0) is 0 Å². The second kappa shape index (κ2) is 6.81. The van der Waals surface area contributed by atoms with Crippen molar-refractivity contribution >= 4 is 5.82 Å². The summed E-state index contributed by atoms with van der Waals surface area (Å²) in [7, 11) is 0. The van der Waals surface area contributed by atoms with E-state index in [2.05, 4.69) is 10.3 Å². The first-order chi connectivity index (χ1) is 7.76. The number of aliphatic hydroxyl groups excluding tert-OH is 1. The lowest BCUT2D eigenvalue weighted by atomic mass is 10.1. The molecule has 0 aromatic carbocycles. The predicted molar refractivity (Wildman–Crippen MR) is 62.9 cm³/mol. The van der Waals surface area contributed by atoms with Gasteiger partial charge in [-0.05, 0) is 30.9 Å². The standard InChI is InChI=1S/C12H17N3O/c1-10(9-16)4-3-7-14-12-6-2-5-11(8-13)15-12/h2,5-6,10,16H,3-4,7,9H2,1H3,(H,14,15). The summed E-state index contributed by atoms with van der Waals surface area (Å²) in [5.41, 5.74) is 0.425. The van der Waals surface area contributed by atoms with Gasteiger partial charge >= 0.3 is 0 Å². The van der Waals surface area contributed by atoms with Crippen molar-refractivity contribution in [2.24, 2.45) is 5.92 Å². The zero-order valence-electron chi connectivity index (χ0n) is 9.48. The molecule has 0 aliphatic carbocycles. The highest BCUT2D eigenvalue weighted by Crippen LogP contribution is 2.07. The van der Waals surface area contributed by atoms with Crippen LogP contribution in [0.2, 0.25) is 0 Å². The summed E-state index contributed by atoms with van der Waals surface area (Å²) in [6.07, 6.45) is 1.97. The fourth-order valence-corrected chi connectivity index (χ4v) is 1.35. The van der Waals surface area contributed by atoms with E-state index in [-0.39, 0.29) is 6.61 Å². The zero-order valence-corrected chi connectivity index (χ0v) is 9.48. The molecule has 1 rings (SSSR count). The average Bonchev–Trinajstić information content (AvgIpc) is 2.34. The van der Waals surface area contributed by atoms with Crippen LogP contribution in [0.15, 0.2) is 18.2 Å². The maximum Gasteiger partial charge on any atom is 0.142 e. The number of aliphatic hydroxyl groups is 1. The van der Waals surface area contributed by atoms with E-state index >= 15 is 0 Å². The lowest BCUT2D eigenvalue weighted by molar-refractivity contribution is 0.229. The number of hydrogen-bond acceptors (Lipinski definition) is 4. The lowest BCUT2D eigenvalue weighted by Crippen LogP contribution is -2.07. The van der Waals surface area contributed by atoms with Gasteiger partial charge in [0.15, 0.2) is 0 Å². The van der Waals surface area contributed by atoms with E-state index in [0.717, 1.165) is 25.2 Å². The summed E-state index contributed by atoms with van der Waals surface area (Å²) < 4.78 is 0.